The number of pyridine rings is 2. The van der Waals surface area contributed by atoms with E-state index in [0.29, 0.717) is 11.6 Å². The molecule has 3 N–H and O–H groups in total. The number of carbonyl (C=O) groups excluding carboxylic acids is 1. The van der Waals surface area contributed by atoms with Gasteiger partial charge in [-0.25, -0.2) is 8.42 Å². The SMILES string of the molecule is O=C(NCc1cccnc1)c1c[nH]c2ccc(S(=O)(=O)Nc3cccc(C(F)(F)F)c3)cc2c1=O. The van der Waals surface area contributed by atoms with Crippen molar-refractivity contribution in [2.75, 3.05) is 4.72 Å². The lowest BCUT2D eigenvalue weighted by Gasteiger charge is -2.12. The van der Waals surface area contributed by atoms with Gasteiger partial charge in [0.1, 0.15) is 5.56 Å². The zero-order valence-corrected chi connectivity index (χ0v) is 18.6. The van der Waals surface area contributed by atoms with E-state index in [2.05, 4.69) is 20.0 Å². The second-order valence-corrected chi connectivity index (χ2v) is 9.15. The van der Waals surface area contributed by atoms with E-state index in [1.807, 2.05) is 0 Å². The van der Waals surface area contributed by atoms with Gasteiger partial charge in [0.15, 0.2) is 0 Å². The number of aromatic nitrogens is 2. The Hall–Kier alpha value is -4.19. The largest absolute Gasteiger partial charge is 0.416 e. The number of benzene rings is 2. The van der Waals surface area contributed by atoms with Gasteiger partial charge in [-0.15, -0.1) is 0 Å². The summed E-state index contributed by atoms with van der Waals surface area (Å²) in [5, 5.41) is 2.52. The molecule has 12 heteroatoms. The fourth-order valence-corrected chi connectivity index (χ4v) is 4.36. The molecule has 0 aliphatic rings. The van der Waals surface area contributed by atoms with E-state index in [-0.39, 0.29) is 33.6 Å². The number of hydrogen-bond donors (Lipinski definition) is 3. The van der Waals surface area contributed by atoms with Crippen molar-refractivity contribution in [3.63, 3.8) is 0 Å². The van der Waals surface area contributed by atoms with Gasteiger partial charge in [0, 0.05) is 41.7 Å². The molecular formula is C23H17F3N4O4S. The number of aromatic amines is 1. The second-order valence-electron chi connectivity index (χ2n) is 7.47. The Kier molecular flexibility index (Phi) is 6.31. The number of anilines is 1. The third-order valence-corrected chi connectivity index (χ3v) is 6.40. The number of nitrogens with one attached hydrogen (secondary N) is 3. The molecule has 0 saturated carbocycles. The average Bonchev–Trinajstić information content (AvgIpc) is 2.82. The quantitative estimate of drug-likeness (QED) is 0.372. The van der Waals surface area contributed by atoms with E-state index in [4.69, 9.17) is 0 Å². The third kappa shape index (κ3) is 5.32. The third-order valence-electron chi connectivity index (χ3n) is 5.03. The molecule has 35 heavy (non-hydrogen) atoms. The molecule has 8 nitrogen and oxygen atoms in total. The molecule has 0 atom stereocenters. The standard InChI is InChI=1S/C23H17F3N4O4S/c24-23(25,26)15-4-1-5-16(9-15)30-35(33,34)17-6-7-20-18(10-17)21(31)19(13-28-20)22(32)29-12-14-3-2-8-27-11-14/h1-11,13,30H,12H2,(H,28,31)(H,29,32). The number of amides is 1. The van der Waals surface area contributed by atoms with Crippen molar-refractivity contribution in [1.82, 2.24) is 15.3 Å². The highest BCUT2D eigenvalue weighted by atomic mass is 32.2. The Labute approximate surface area is 196 Å². The first-order valence-corrected chi connectivity index (χ1v) is 11.6. The zero-order valence-electron chi connectivity index (χ0n) is 17.8. The fraction of sp³-hybridized carbons (Fsp3) is 0.0870. The molecule has 1 amide bonds. The van der Waals surface area contributed by atoms with Crippen LogP contribution in [0.2, 0.25) is 0 Å². The smallest absolute Gasteiger partial charge is 0.360 e. The summed E-state index contributed by atoms with van der Waals surface area (Å²) in [6, 6.07) is 10.7. The van der Waals surface area contributed by atoms with Crippen LogP contribution in [0.3, 0.4) is 0 Å². The van der Waals surface area contributed by atoms with Crippen LogP contribution < -0.4 is 15.5 Å². The molecule has 0 spiro atoms. The lowest BCUT2D eigenvalue weighted by molar-refractivity contribution is -0.137. The van der Waals surface area contributed by atoms with Gasteiger partial charge in [-0.3, -0.25) is 19.3 Å². The monoisotopic (exact) mass is 502 g/mol. The summed E-state index contributed by atoms with van der Waals surface area (Å²) < 4.78 is 66.5. The number of carbonyl (C=O) groups is 1. The molecule has 180 valence electrons. The highest BCUT2D eigenvalue weighted by molar-refractivity contribution is 7.92. The maximum Gasteiger partial charge on any atom is 0.416 e. The normalized spacial score (nSPS) is 11.9. The van der Waals surface area contributed by atoms with Gasteiger partial charge >= 0.3 is 6.18 Å². The van der Waals surface area contributed by atoms with Crippen molar-refractivity contribution in [3.8, 4) is 0 Å². The fourth-order valence-electron chi connectivity index (χ4n) is 3.29. The first-order valence-electron chi connectivity index (χ1n) is 10.1. The average molecular weight is 502 g/mol. The predicted octanol–water partition coefficient (Wildman–Crippen LogP) is 3.67. The number of sulfonamides is 1. The van der Waals surface area contributed by atoms with Gasteiger partial charge in [-0.1, -0.05) is 12.1 Å². The molecule has 0 unspecified atom stereocenters. The van der Waals surface area contributed by atoms with Crippen molar-refractivity contribution in [2.24, 2.45) is 0 Å². The van der Waals surface area contributed by atoms with Crippen LogP contribution in [0.15, 0.2) is 82.9 Å². The molecule has 0 fully saturated rings. The summed E-state index contributed by atoms with van der Waals surface area (Å²) in [4.78, 5) is 31.8. The molecule has 2 aromatic carbocycles. The molecular weight excluding hydrogens is 485 g/mol. The van der Waals surface area contributed by atoms with E-state index in [9.17, 15) is 31.2 Å². The summed E-state index contributed by atoms with van der Waals surface area (Å²) in [5.41, 5.74) is -1.27. The van der Waals surface area contributed by atoms with Gasteiger partial charge in [-0.05, 0) is 48.0 Å². The van der Waals surface area contributed by atoms with Gasteiger partial charge in [0.25, 0.3) is 15.9 Å². The highest BCUT2D eigenvalue weighted by Crippen LogP contribution is 2.31. The van der Waals surface area contributed by atoms with Crippen molar-refractivity contribution in [1.29, 1.82) is 0 Å². The van der Waals surface area contributed by atoms with Gasteiger partial charge in [0.2, 0.25) is 5.43 Å². The summed E-state index contributed by atoms with van der Waals surface area (Å²) in [6.07, 6.45) is -0.295. The minimum absolute atomic E-state index is 0.0778. The number of hydrogen-bond acceptors (Lipinski definition) is 5. The lowest BCUT2D eigenvalue weighted by Crippen LogP contribution is -2.28. The van der Waals surface area contributed by atoms with Crippen LogP contribution in [0.4, 0.5) is 18.9 Å². The molecule has 0 radical (unpaired) electrons. The van der Waals surface area contributed by atoms with E-state index < -0.39 is 33.1 Å². The summed E-state index contributed by atoms with van der Waals surface area (Å²) in [6.45, 7) is 0.124. The lowest BCUT2D eigenvalue weighted by atomic mass is 10.1. The number of nitrogens with zero attached hydrogens (tertiary/aromatic N) is 1. The maximum atomic E-state index is 12.9. The first kappa shape index (κ1) is 24.0. The number of H-pyrrole nitrogens is 1. The Balaban J connectivity index is 1.62. The number of rotatable bonds is 6. The van der Waals surface area contributed by atoms with Crippen LogP contribution in [0.25, 0.3) is 10.9 Å². The Morgan fingerprint density at radius 3 is 2.57 bits per heavy atom. The minimum Gasteiger partial charge on any atom is -0.360 e. The summed E-state index contributed by atoms with van der Waals surface area (Å²) in [5.74, 6) is -0.674. The number of alkyl halides is 3. The molecule has 0 saturated heterocycles. The Morgan fingerprint density at radius 2 is 1.86 bits per heavy atom. The van der Waals surface area contributed by atoms with Gasteiger partial charge in [-0.2, -0.15) is 13.2 Å². The van der Waals surface area contributed by atoms with E-state index in [0.717, 1.165) is 18.2 Å². The van der Waals surface area contributed by atoms with Crippen LogP contribution >= 0.6 is 0 Å². The minimum atomic E-state index is -4.65. The van der Waals surface area contributed by atoms with E-state index >= 15 is 0 Å². The maximum absolute atomic E-state index is 12.9. The van der Waals surface area contributed by atoms with E-state index in [1.165, 1.54) is 24.4 Å². The first-order chi connectivity index (χ1) is 16.5. The van der Waals surface area contributed by atoms with Crippen LogP contribution in [-0.4, -0.2) is 24.3 Å². The number of fused-ring (bicyclic) bond motifs is 1. The predicted molar refractivity (Wildman–Crippen MR) is 122 cm³/mol. The molecule has 0 aliphatic carbocycles. The Bertz CT molecular complexity index is 1570. The highest BCUT2D eigenvalue weighted by Gasteiger charge is 2.30. The van der Waals surface area contributed by atoms with Gasteiger partial charge < -0.3 is 10.3 Å². The van der Waals surface area contributed by atoms with Crippen molar-refractivity contribution in [3.05, 3.63) is 100 Å². The van der Waals surface area contributed by atoms with Crippen molar-refractivity contribution < 1.29 is 26.4 Å². The molecule has 0 aliphatic heterocycles. The van der Waals surface area contributed by atoms with E-state index in [1.54, 1.807) is 24.5 Å². The van der Waals surface area contributed by atoms with Crippen molar-refractivity contribution >= 4 is 32.5 Å². The molecule has 4 rings (SSSR count). The summed E-state index contributed by atoms with van der Waals surface area (Å²) >= 11 is 0. The summed E-state index contributed by atoms with van der Waals surface area (Å²) in [7, 11) is -4.34. The molecule has 4 aromatic rings. The zero-order chi connectivity index (χ0) is 25.2. The topological polar surface area (TPSA) is 121 Å². The molecule has 0 bridgehead atoms. The van der Waals surface area contributed by atoms with Crippen LogP contribution in [-0.2, 0) is 22.7 Å². The Morgan fingerprint density at radius 1 is 1.06 bits per heavy atom. The van der Waals surface area contributed by atoms with Crippen LogP contribution in [0.5, 0.6) is 0 Å². The molecule has 2 aromatic heterocycles. The molecule has 2 heterocycles. The number of halogens is 3. The van der Waals surface area contributed by atoms with Crippen LogP contribution in [0, 0.1) is 0 Å². The van der Waals surface area contributed by atoms with Crippen molar-refractivity contribution in [2.45, 2.75) is 17.6 Å². The van der Waals surface area contributed by atoms with Gasteiger partial charge in [0.05, 0.1) is 10.5 Å². The van der Waals surface area contributed by atoms with Crippen LogP contribution in [0.1, 0.15) is 21.5 Å². The second kappa shape index (κ2) is 9.22.